The van der Waals surface area contributed by atoms with Crippen LogP contribution < -0.4 is 0 Å². The molecule has 0 aromatic heterocycles. The summed E-state index contributed by atoms with van der Waals surface area (Å²) in [5.41, 5.74) is 0. The monoisotopic (exact) mass is 257 g/mol. The predicted molar refractivity (Wildman–Crippen MR) is 73.3 cm³/mol. The van der Waals surface area contributed by atoms with Crippen LogP contribution >= 0.6 is 0 Å². The fourth-order valence-electron chi connectivity index (χ4n) is 1.59. The Morgan fingerprint density at radius 2 is 1.39 bits per heavy atom. The van der Waals surface area contributed by atoms with Gasteiger partial charge in [-0.25, -0.2) is 0 Å². The second-order valence-corrected chi connectivity index (χ2v) is 4.84. The number of rotatable bonds is 7. The summed E-state index contributed by atoms with van der Waals surface area (Å²) in [6.45, 7) is 9.85. The molecule has 0 aliphatic rings. The van der Waals surface area contributed by atoms with Crippen molar-refractivity contribution >= 4 is 11.8 Å². The fraction of sp³-hybridized carbons (Fsp3) is 0.846. The van der Waals surface area contributed by atoms with Gasteiger partial charge >= 0.3 is 0 Å². The van der Waals surface area contributed by atoms with Crippen molar-refractivity contribution in [2.45, 2.75) is 33.7 Å². The number of nitrogens with zero attached hydrogens (tertiary/aromatic N) is 3. The molecule has 0 fully saturated rings. The average Bonchev–Trinajstić information content (AvgIpc) is 2.28. The van der Waals surface area contributed by atoms with Crippen LogP contribution in [-0.2, 0) is 9.59 Å². The highest BCUT2D eigenvalue weighted by atomic mass is 16.2. The molecular weight excluding hydrogens is 230 g/mol. The zero-order valence-corrected chi connectivity index (χ0v) is 12.6. The van der Waals surface area contributed by atoms with Crippen LogP contribution in [0.3, 0.4) is 0 Å². The molecule has 106 valence electrons. The van der Waals surface area contributed by atoms with Gasteiger partial charge in [0, 0.05) is 26.2 Å². The van der Waals surface area contributed by atoms with Crippen LogP contribution in [0.25, 0.3) is 0 Å². The Morgan fingerprint density at radius 3 is 1.78 bits per heavy atom. The Hall–Kier alpha value is -1.10. The topological polar surface area (TPSA) is 43.9 Å². The van der Waals surface area contributed by atoms with Gasteiger partial charge in [-0.1, -0.05) is 0 Å². The molecule has 0 aromatic carbocycles. The summed E-state index contributed by atoms with van der Waals surface area (Å²) in [5.74, 6) is 0.113. The maximum Gasteiger partial charge on any atom is 0.236 e. The van der Waals surface area contributed by atoms with E-state index in [1.54, 1.807) is 28.8 Å². The van der Waals surface area contributed by atoms with Crippen molar-refractivity contribution < 1.29 is 9.59 Å². The molecule has 0 atom stereocenters. The molecule has 5 heteroatoms. The van der Waals surface area contributed by atoms with E-state index in [1.165, 1.54) is 0 Å². The number of carbonyl (C=O) groups is 2. The minimum atomic E-state index is 0.0415. The van der Waals surface area contributed by atoms with Crippen LogP contribution in [0.1, 0.15) is 27.7 Å². The minimum Gasteiger partial charge on any atom is -0.342 e. The Balaban J connectivity index is 4.22. The highest BCUT2D eigenvalue weighted by Crippen LogP contribution is 1.97. The molecule has 0 radical (unpaired) electrons. The van der Waals surface area contributed by atoms with E-state index in [2.05, 4.69) is 0 Å². The highest BCUT2D eigenvalue weighted by Gasteiger charge is 2.17. The SMILES string of the molecule is CCN(CC)C(=O)CN(C)CC(=O)N(C)C(C)C. The molecule has 0 spiro atoms. The van der Waals surface area contributed by atoms with Gasteiger partial charge in [-0.15, -0.1) is 0 Å². The summed E-state index contributed by atoms with van der Waals surface area (Å²) >= 11 is 0. The Kier molecular flexibility index (Phi) is 7.59. The van der Waals surface area contributed by atoms with Gasteiger partial charge in [0.25, 0.3) is 0 Å². The van der Waals surface area contributed by atoms with E-state index >= 15 is 0 Å². The van der Waals surface area contributed by atoms with Crippen molar-refractivity contribution in [2.75, 3.05) is 40.3 Å². The molecule has 5 nitrogen and oxygen atoms in total. The third-order valence-electron chi connectivity index (χ3n) is 3.09. The summed E-state index contributed by atoms with van der Waals surface area (Å²) in [6, 6.07) is 0.185. The van der Waals surface area contributed by atoms with Crippen molar-refractivity contribution in [3.63, 3.8) is 0 Å². The van der Waals surface area contributed by atoms with Gasteiger partial charge < -0.3 is 9.80 Å². The second-order valence-electron chi connectivity index (χ2n) is 4.84. The van der Waals surface area contributed by atoms with Gasteiger partial charge in [-0.05, 0) is 34.7 Å². The van der Waals surface area contributed by atoms with E-state index in [9.17, 15) is 9.59 Å². The minimum absolute atomic E-state index is 0.0415. The molecule has 0 aromatic rings. The van der Waals surface area contributed by atoms with Crippen molar-refractivity contribution in [2.24, 2.45) is 0 Å². The fourth-order valence-corrected chi connectivity index (χ4v) is 1.59. The second kappa shape index (κ2) is 8.08. The highest BCUT2D eigenvalue weighted by molar-refractivity contribution is 5.81. The van der Waals surface area contributed by atoms with Gasteiger partial charge in [-0.3, -0.25) is 14.5 Å². The quantitative estimate of drug-likeness (QED) is 0.673. The zero-order chi connectivity index (χ0) is 14.3. The lowest BCUT2D eigenvalue weighted by molar-refractivity contribution is -0.135. The first-order valence-corrected chi connectivity index (χ1v) is 6.55. The zero-order valence-electron chi connectivity index (χ0n) is 12.6. The van der Waals surface area contributed by atoms with E-state index in [4.69, 9.17) is 0 Å². The van der Waals surface area contributed by atoms with Crippen molar-refractivity contribution in [1.29, 1.82) is 0 Å². The largest absolute Gasteiger partial charge is 0.342 e. The van der Waals surface area contributed by atoms with Crippen LogP contribution in [0.2, 0.25) is 0 Å². The lowest BCUT2D eigenvalue weighted by Gasteiger charge is -2.26. The summed E-state index contributed by atoms with van der Waals surface area (Å²) in [5, 5.41) is 0. The molecule has 0 rings (SSSR count). The summed E-state index contributed by atoms with van der Waals surface area (Å²) in [6.07, 6.45) is 0. The smallest absolute Gasteiger partial charge is 0.236 e. The number of hydrogen-bond acceptors (Lipinski definition) is 3. The molecule has 0 bridgehead atoms. The van der Waals surface area contributed by atoms with Crippen LogP contribution in [0.15, 0.2) is 0 Å². The molecule has 18 heavy (non-hydrogen) atoms. The summed E-state index contributed by atoms with van der Waals surface area (Å²) < 4.78 is 0. The molecular formula is C13H27N3O2. The first-order valence-electron chi connectivity index (χ1n) is 6.55. The Bertz CT molecular complexity index is 259. The van der Waals surface area contributed by atoms with Gasteiger partial charge in [-0.2, -0.15) is 0 Å². The summed E-state index contributed by atoms with van der Waals surface area (Å²) in [4.78, 5) is 28.9. The maximum atomic E-state index is 11.9. The lowest BCUT2D eigenvalue weighted by atomic mass is 10.3. The van der Waals surface area contributed by atoms with Gasteiger partial charge in [0.05, 0.1) is 13.1 Å². The first kappa shape index (κ1) is 16.9. The molecule has 0 saturated heterocycles. The molecule has 0 aliphatic heterocycles. The molecule has 2 amide bonds. The van der Waals surface area contributed by atoms with Crippen molar-refractivity contribution in [3.8, 4) is 0 Å². The van der Waals surface area contributed by atoms with E-state index in [0.717, 1.165) is 0 Å². The molecule has 0 aliphatic carbocycles. The first-order chi connectivity index (χ1) is 8.33. The van der Waals surface area contributed by atoms with E-state index in [0.29, 0.717) is 19.6 Å². The number of hydrogen-bond donors (Lipinski definition) is 0. The van der Waals surface area contributed by atoms with Gasteiger partial charge in [0.1, 0.15) is 0 Å². The van der Waals surface area contributed by atoms with Gasteiger partial charge in [0.15, 0.2) is 0 Å². The van der Waals surface area contributed by atoms with Crippen LogP contribution in [0, 0.1) is 0 Å². The average molecular weight is 257 g/mol. The standard InChI is InChI=1S/C13H27N3O2/c1-7-16(8-2)13(18)10-14(5)9-12(17)15(6)11(3)4/h11H,7-10H2,1-6H3. The van der Waals surface area contributed by atoms with Crippen molar-refractivity contribution in [1.82, 2.24) is 14.7 Å². The normalized spacial score (nSPS) is 10.9. The molecule has 0 unspecified atom stereocenters. The maximum absolute atomic E-state index is 11.9. The molecule has 0 heterocycles. The number of carbonyl (C=O) groups excluding carboxylic acids is 2. The number of amides is 2. The third kappa shape index (κ3) is 5.49. The number of likely N-dealkylation sites (N-methyl/N-ethyl adjacent to an activating group) is 3. The van der Waals surface area contributed by atoms with Gasteiger partial charge in [0.2, 0.25) is 11.8 Å². The van der Waals surface area contributed by atoms with Crippen LogP contribution in [0.4, 0.5) is 0 Å². The Labute approximate surface area is 111 Å². The predicted octanol–water partition coefficient (Wildman–Crippen LogP) is 0.653. The Morgan fingerprint density at radius 1 is 0.944 bits per heavy atom. The van der Waals surface area contributed by atoms with Crippen LogP contribution in [0.5, 0.6) is 0 Å². The van der Waals surface area contributed by atoms with E-state index in [-0.39, 0.29) is 24.4 Å². The van der Waals surface area contributed by atoms with Crippen molar-refractivity contribution in [3.05, 3.63) is 0 Å². The lowest BCUT2D eigenvalue weighted by Crippen LogP contribution is -2.44. The molecule has 0 saturated carbocycles. The summed E-state index contributed by atoms with van der Waals surface area (Å²) in [7, 11) is 3.58. The molecule has 0 N–H and O–H groups in total. The van der Waals surface area contributed by atoms with E-state index in [1.807, 2.05) is 27.7 Å². The van der Waals surface area contributed by atoms with Crippen LogP contribution in [-0.4, -0.2) is 72.8 Å². The third-order valence-corrected chi connectivity index (χ3v) is 3.09. The van der Waals surface area contributed by atoms with E-state index < -0.39 is 0 Å².